The molecule has 4 heteroatoms. The molecule has 0 spiro atoms. The number of hydrogen-bond donors (Lipinski definition) is 1. The van der Waals surface area contributed by atoms with Gasteiger partial charge in [-0.05, 0) is 30.7 Å². The fourth-order valence-corrected chi connectivity index (χ4v) is 2.86. The third-order valence-corrected chi connectivity index (χ3v) is 3.81. The van der Waals surface area contributed by atoms with Crippen LogP contribution in [0, 0.1) is 6.92 Å². The quantitative estimate of drug-likeness (QED) is 0.719. The molecule has 19 heavy (non-hydrogen) atoms. The van der Waals surface area contributed by atoms with Crippen LogP contribution in [0.5, 0.6) is 0 Å². The van der Waals surface area contributed by atoms with Crippen LogP contribution in [-0.4, -0.2) is 9.97 Å². The van der Waals surface area contributed by atoms with E-state index in [4.69, 9.17) is 5.73 Å². The summed E-state index contributed by atoms with van der Waals surface area (Å²) in [5.74, 6) is 0. The molecule has 0 aliphatic heterocycles. The van der Waals surface area contributed by atoms with E-state index in [0.29, 0.717) is 0 Å². The van der Waals surface area contributed by atoms with Crippen LogP contribution in [0.4, 0.5) is 5.69 Å². The number of nitrogens with two attached hydrogens (primary N) is 1. The minimum absolute atomic E-state index is 0.757. The molecule has 0 amide bonds. The molecule has 0 aliphatic carbocycles. The van der Waals surface area contributed by atoms with Crippen LogP contribution in [0.15, 0.2) is 48.1 Å². The Kier molecular flexibility index (Phi) is 3.01. The minimum atomic E-state index is 0.757. The van der Waals surface area contributed by atoms with Crippen molar-refractivity contribution in [1.82, 2.24) is 9.97 Å². The van der Waals surface area contributed by atoms with Gasteiger partial charge in [-0.2, -0.15) is 0 Å². The van der Waals surface area contributed by atoms with Gasteiger partial charge in [0.1, 0.15) is 5.01 Å². The van der Waals surface area contributed by atoms with Crippen molar-refractivity contribution in [2.75, 3.05) is 5.73 Å². The van der Waals surface area contributed by atoms with Crippen LogP contribution in [0.3, 0.4) is 0 Å². The number of nitrogens with zero attached hydrogens (tertiary/aromatic N) is 2. The van der Waals surface area contributed by atoms with E-state index in [9.17, 15) is 0 Å². The summed E-state index contributed by atoms with van der Waals surface area (Å²) >= 11 is 1.64. The van der Waals surface area contributed by atoms with E-state index in [-0.39, 0.29) is 0 Å². The van der Waals surface area contributed by atoms with Crippen LogP contribution < -0.4 is 5.73 Å². The van der Waals surface area contributed by atoms with Crippen LogP contribution >= 0.6 is 11.3 Å². The van der Waals surface area contributed by atoms with E-state index in [1.807, 2.05) is 43.5 Å². The Morgan fingerprint density at radius 3 is 2.89 bits per heavy atom. The molecule has 3 nitrogen and oxygen atoms in total. The van der Waals surface area contributed by atoms with Gasteiger partial charge >= 0.3 is 0 Å². The first-order valence-corrected chi connectivity index (χ1v) is 6.84. The fourth-order valence-electron chi connectivity index (χ4n) is 1.94. The second-order valence-electron chi connectivity index (χ2n) is 4.35. The lowest BCUT2D eigenvalue weighted by molar-refractivity contribution is 1.26. The van der Waals surface area contributed by atoms with Gasteiger partial charge in [-0.25, -0.2) is 4.98 Å². The van der Waals surface area contributed by atoms with Crippen molar-refractivity contribution in [1.29, 1.82) is 0 Å². The molecule has 3 rings (SSSR count). The molecule has 0 bridgehead atoms. The summed E-state index contributed by atoms with van der Waals surface area (Å²) in [4.78, 5) is 8.80. The topological polar surface area (TPSA) is 51.8 Å². The van der Waals surface area contributed by atoms with E-state index in [1.165, 1.54) is 0 Å². The van der Waals surface area contributed by atoms with Gasteiger partial charge in [0.15, 0.2) is 0 Å². The van der Waals surface area contributed by atoms with Crippen LogP contribution in [0.2, 0.25) is 0 Å². The lowest BCUT2D eigenvalue weighted by Crippen LogP contribution is -1.86. The van der Waals surface area contributed by atoms with Crippen molar-refractivity contribution in [3.05, 3.63) is 53.7 Å². The van der Waals surface area contributed by atoms with Gasteiger partial charge in [0.25, 0.3) is 0 Å². The van der Waals surface area contributed by atoms with Gasteiger partial charge in [-0.3, -0.25) is 4.98 Å². The third kappa shape index (κ3) is 2.35. The van der Waals surface area contributed by atoms with E-state index in [1.54, 1.807) is 17.5 Å². The van der Waals surface area contributed by atoms with E-state index in [2.05, 4.69) is 15.3 Å². The van der Waals surface area contributed by atoms with Crippen molar-refractivity contribution >= 4 is 17.0 Å². The lowest BCUT2D eigenvalue weighted by Gasteiger charge is -2.00. The van der Waals surface area contributed by atoms with Gasteiger partial charge < -0.3 is 5.73 Å². The molecule has 0 atom stereocenters. The maximum Gasteiger partial charge on any atom is 0.124 e. The molecule has 0 fully saturated rings. The number of thiazole rings is 1. The number of aryl methyl sites for hydroxylation is 1. The molecule has 0 aliphatic rings. The number of hydrogen-bond acceptors (Lipinski definition) is 4. The summed E-state index contributed by atoms with van der Waals surface area (Å²) in [5, 5.41) is 3.07. The normalized spacial score (nSPS) is 10.6. The molecule has 0 saturated heterocycles. The van der Waals surface area contributed by atoms with Crippen molar-refractivity contribution in [3.8, 4) is 21.8 Å². The van der Waals surface area contributed by atoms with E-state index >= 15 is 0 Å². The Labute approximate surface area is 115 Å². The summed E-state index contributed by atoms with van der Waals surface area (Å²) in [5.41, 5.74) is 10.8. The summed E-state index contributed by atoms with van der Waals surface area (Å²) in [6.07, 6.45) is 3.65. The van der Waals surface area contributed by atoms with Crippen molar-refractivity contribution in [3.63, 3.8) is 0 Å². The molecule has 0 unspecified atom stereocenters. The number of rotatable bonds is 2. The Balaban J connectivity index is 2.03. The number of pyridine rings is 1. The minimum Gasteiger partial charge on any atom is -0.399 e. The van der Waals surface area contributed by atoms with Gasteiger partial charge in [0, 0.05) is 34.6 Å². The van der Waals surface area contributed by atoms with Crippen molar-refractivity contribution < 1.29 is 0 Å². The first kappa shape index (κ1) is 11.9. The highest BCUT2D eigenvalue weighted by atomic mass is 32.1. The van der Waals surface area contributed by atoms with Crippen LogP contribution in [0.25, 0.3) is 21.8 Å². The van der Waals surface area contributed by atoms with Gasteiger partial charge in [-0.15, -0.1) is 11.3 Å². The number of benzene rings is 1. The third-order valence-electron chi connectivity index (χ3n) is 2.94. The van der Waals surface area contributed by atoms with Crippen molar-refractivity contribution in [2.24, 2.45) is 0 Å². The number of aromatic nitrogens is 2. The molecular weight excluding hydrogens is 254 g/mol. The molecule has 2 aromatic heterocycles. The monoisotopic (exact) mass is 267 g/mol. The zero-order valence-electron chi connectivity index (χ0n) is 10.5. The lowest BCUT2D eigenvalue weighted by atomic mass is 10.1. The molecule has 0 radical (unpaired) electrons. The molecule has 0 saturated carbocycles. The van der Waals surface area contributed by atoms with Crippen LogP contribution in [0.1, 0.15) is 5.56 Å². The van der Waals surface area contributed by atoms with Gasteiger partial charge in [0.2, 0.25) is 0 Å². The zero-order valence-corrected chi connectivity index (χ0v) is 11.3. The summed E-state index contributed by atoms with van der Waals surface area (Å²) in [6, 6.07) is 9.79. The van der Waals surface area contributed by atoms with Gasteiger partial charge in [0.05, 0.1) is 5.69 Å². The van der Waals surface area contributed by atoms with E-state index in [0.717, 1.165) is 33.1 Å². The smallest absolute Gasteiger partial charge is 0.124 e. The second-order valence-corrected chi connectivity index (χ2v) is 5.21. The average molecular weight is 267 g/mol. The highest BCUT2D eigenvalue weighted by Crippen LogP contribution is 2.30. The van der Waals surface area contributed by atoms with E-state index < -0.39 is 0 Å². The van der Waals surface area contributed by atoms with Gasteiger partial charge in [-0.1, -0.05) is 12.1 Å². The predicted octanol–water partition coefficient (Wildman–Crippen LogP) is 3.76. The zero-order chi connectivity index (χ0) is 13.2. The summed E-state index contributed by atoms with van der Waals surface area (Å²) in [7, 11) is 0. The Hall–Kier alpha value is -2.20. The molecule has 1 aromatic carbocycles. The maximum atomic E-state index is 5.81. The highest BCUT2D eigenvalue weighted by Gasteiger charge is 2.08. The average Bonchev–Trinajstić information content (AvgIpc) is 2.89. The van der Waals surface area contributed by atoms with Crippen molar-refractivity contribution in [2.45, 2.75) is 6.92 Å². The first-order valence-electron chi connectivity index (χ1n) is 5.96. The van der Waals surface area contributed by atoms with Crippen LogP contribution in [-0.2, 0) is 0 Å². The number of anilines is 1. The molecule has 2 heterocycles. The second kappa shape index (κ2) is 4.82. The Morgan fingerprint density at radius 2 is 2.11 bits per heavy atom. The highest BCUT2D eigenvalue weighted by molar-refractivity contribution is 7.13. The first-order chi connectivity index (χ1) is 9.24. The molecular formula is C15H13N3S. The molecule has 94 valence electrons. The molecule has 3 aromatic rings. The number of nitrogen functional groups attached to an aromatic ring is 1. The Bertz CT molecular complexity index is 719. The predicted molar refractivity (Wildman–Crippen MR) is 79.9 cm³/mol. The molecule has 2 N–H and O–H groups in total. The standard InChI is InChI=1S/C15H13N3S/c1-10-8-17-6-5-13(10)15-18-14(9-19-15)11-3-2-4-12(16)7-11/h2-9H,16H2,1H3. The SMILES string of the molecule is Cc1cnccc1-c1nc(-c2cccc(N)c2)cs1. The fraction of sp³-hybridized carbons (Fsp3) is 0.0667. The largest absolute Gasteiger partial charge is 0.399 e. The maximum absolute atomic E-state index is 5.81. The Morgan fingerprint density at radius 1 is 1.21 bits per heavy atom. The summed E-state index contributed by atoms with van der Waals surface area (Å²) < 4.78 is 0. The summed E-state index contributed by atoms with van der Waals surface area (Å²) in [6.45, 7) is 2.05.